The summed E-state index contributed by atoms with van der Waals surface area (Å²) in [6.45, 7) is 1.12. The van der Waals surface area contributed by atoms with Gasteiger partial charge in [-0.15, -0.1) is 0 Å². The number of aromatic hydroxyl groups is 1. The monoisotopic (exact) mass is 496 g/mol. The van der Waals surface area contributed by atoms with E-state index in [0.717, 1.165) is 24.0 Å². The van der Waals surface area contributed by atoms with Gasteiger partial charge in [-0.25, -0.2) is 4.39 Å². The lowest BCUT2D eigenvalue weighted by Crippen LogP contribution is -2.44. The molecule has 1 saturated heterocycles. The maximum absolute atomic E-state index is 13.3. The number of carbonyl (C=O) groups is 2. The second kappa shape index (κ2) is 11.3. The van der Waals surface area contributed by atoms with E-state index in [0.29, 0.717) is 25.9 Å². The summed E-state index contributed by atoms with van der Waals surface area (Å²) in [6.07, 6.45) is 4.49. The van der Waals surface area contributed by atoms with Crippen molar-refractivity contribution in [3.63, 3.8) is 0 Å². The van der Waals surface area contributed by atoms with Crippen molar-refractivity contribution in [3.05, 3.63) is 69.4 Å². The molecule has 1 aromatic carbocycles. The third kappa shape index (κ3) is 5.71. The average Bonchev–Trinajstić information content (AvgIpc) is 2.86. The summed E-state index contributed by atoms with van der Waals surface area (Å²) in [5.74, 6) is -1.51. The van der Waals surface area contributed by atoms with Gasteiger partial charge in [0.2, 0.25) is 5.91 Å². The first-order chi connectivity index (χ1) is 17.4. The molecule has 1 aliphatic heterocycles. The normalized spacial score (nSPS) is 13.8. The third-order valence-electron chi connectivity index (χ3n) is 6.35. The zero-order chi connectivity index (χ0) is 25.7. The zero-order valence-electron chi connectivity index (χ0n) is 19.9. The average molecular weight is 497 g/mol. The molecule has 1 fully saturated rings. The lowest BCUT2D eigenvalue weighted by molar-refractivity contribution is -0.133. The molecule has 3 N–H and O–H groups in total. The van der Waals surface area contributed by atoms with Crippen molar-refractivity contribution in [2.45, 2.75) is 32.1 Å². The minimum Gasteiger partial charge on any atom is -0.505 e. The number of carbonyl (C=O) groups excluding carboxylic acids is 2. The molecule has 9 nitrogen and oxygen atoms in total. The topological polar surface area (TPSA) is 127 Å². The van der Waals surface area contributed by atoms with Crippen molar-refractivity contribution in [1.82, 2.24) is 19.8 Å². The second-order valence-electron chi connectivity index (χ2n) is 8.93. The van der Waals surface area contributed by atoms with Crippen LogP contribution in [0.2, 0.25) is 0 Å². The fourth-order valence-electron chi connectivity index (χ4n) is 4.41. The molecule has 0 bridgehead atoms. The van der Waals surface area contributed by atoms with Gasteiger partial charge in [0.1, 0.15) is 16.9 Å². The molecule has 0 saturated carbocycles. The number of benzene rings is 1. The first-order valence-corrected chi connectivity index (χ1v) is 12.0. The summed E-state index contributed by atoms with van der Waals surface area (Å²) < 4.78 is 13.2. The largest absolute Gasteiger partial charge is 0.505 e. The molecule has 0 radical (unpaired) electrons. The Bertz CT molecular complexity index is 1310. The van der Waals surface area contributed by atoms with Gasteiger partial charge in [0.25, 0.3) is 11.5 Å². The number of piperidine rings is 1. The molecule has 2 aromatic heterocycles. The van der Waals surface area contributed by atoms with Gasteiger partial charge in [-0.05, 0) is 55.0 Å². The Kier molecular flexibility index (Phi) is 7.94. The van der Waals surface area contributed by atoms with E-state index in [-0.39, 0.29) is 48.9 Å². The number of hydrogen-bond donors (Lipinski definition) is 3. The molecule has 0 atom stereocenters. The van der Waals surface area contributed by atoms with Crippen LogP contribution < -0.4 is 5.56 Å². The number of fused-ring (bicyclic) bond motifs is 1. The number of aliphatic hydroxyl groups is 1. The highest BCUT2D eigenvalue weighted by atomic mass is 19.1. The molecule has 10 heteroatoms. The van der Waals surface area contributed by atoms with Crippen molar-refractivity contribution in [2.24, 2.45) is 0 Å². The number of aromatic amines is 1. The highest BCUT2D eigenvalue weighted by Gasteiger charge is 2.26. The van der Waals surface area contributed by atoms with Crippen LogP contribution in [0.5, 0.6) is 5.75 Å². The highest BCUT2D eigenvalue weighted by molar-refractivity contribution is 6.01. The Hall–Kier alpha value is -3.79. The van der Waals surface area contributed by atoms with Gasteiger partial charge in [0.15, 0.2) is 5.75 Å². The standard InChI is InChI=1S/C26H29FN4O5/c27-19-7-5-17(6-8-19)14-18-15-20-23(28-16-18)24(34)22(25(35)29-20)26(36)31(10-3-13-32)12-11-30-9-2-1-4-21(30)33/h5-8,15-16,32H,1-4,9-14H2,(H2,29,34,35). The maximum Gasteiger partial charge on any atom is 0.265 e. The molecular formula is C26H29FN4O5. The van der Waals surface area contributed by atoms with Crippen LogP contribution >= 0.6 is 0 Å². The number of likely N-dealkylation sites (tertiary alicyclic amines) is 1. The van der Waals surface area contributed by atoms with Crippen LogP contribution in [0.15, 0.2) is 41.3 Å². The molecule has 36 heavy (non-hydrogen) atoms. The zero-order valence-corrected chi connectivity index (χ0v) is 19.9. The number of rotatable bonds is 9. The van der Waals surface area contributed by atoms with E-state index in [2.05, 4.69) is 9.97 Å². The first-order valence-electron chi connectivity index (χ1n) is 12.0. The second-order valence-corrected chi connectivity index (χ2v) is 8.93. The van der Waals surface area contributed by atoms with E-state index >= 15 is 0 Å². The van der Waals surface area contributed by atoms with E-state index < -0.39 is 22.8 Å². The van der Waals surface area contributed by atoms with Crippen LogP contribution in [0.4, 0.5) is 4.39 Å². The lowest BCUT2D eigenvalue weighted by atomic mass is 10.1. The van der Waals surface area contributed by atoms with Gasteiger partial charge < -0.3 is 25.0 Å². The van der Waals surface area contributed by atoms with Gasteiger partial charge in [-0.1, -0.05) is 12.1 Å². The number of hydrogen-bond acceptors (Lipinski definition) is 6. The molecule has 0 aliphatic carbocycles. The number of nitrogens with zero attached hydrogens (tertiary/aromatic N) is 3. The Labute approximate surface area is 207 Å². The smallest absolute Gasteiger partial charge is 0.265 e. The van der Waals surface area contributed by atoms with E-state index in [9.17, 15) is 29.0 Å². The third-order valence-corrected chi connectivity index (χ3v) is 6.35. The number of aliphatic hydroxyl groups excluding tert-OH is 1. The quantitative estimate of drug-likeness (QED) is 0.417. The van der Waals surface area contributed by atoms with Gasteiger partial charge in [0, 0.05) is 45.4 Å². The summed E-state index contributed by atoms with van der Waals surface area (Å²) >= 11 is 0. The Morgan fingerprint density at radius 2 is 1.92 bits per heavy atom. The number of aromatic nitrogens is 2. The fourth-order valence-corrected chi connectivity index (χ4v) is 4.41. The Morgan fingerprint density at radius 3 is 2.64 bits per heavy atom. The first kappa shape index (κ1) is 25.3. The van der Waals surface area contributed by atoms with Crippen molar-refractivity contribution in [1.29, 1.82) is 0 Å². The molecule has 0 unspecified atom stereocenters. The molecular weight excluding hydrogens is 467 g/mol. The molecule has 4 rings (SSSR count). The van der Waals surface area contributed by atoms with Crippen LogP contribution in [-0.4, -0.2) is 74.6 Å². The summed E-state index contributed by atoms with van der Waals surface area (Å²) in [5, 5.41) is 20.1. The summed E-state index contributed by atoms with van der Waals surface area (Å²) in [6, 6.07) is 7.69. The van der Waals surface area contributed by atoms with Gasteiger partial charge in [0.05, 0.1) is 5.52 Å². The molecule has 190 valence electrons. The van der Waals surface area contributed by atoms with Gasteiger partial charge in [-0.2, -0.15) is 0 Å². The lowest BCUT2D eigenvalue weighted by Gasteiger charge is -2.30. The van der Waals surface area contributed by atoms with Crippen molar-refractivity contribution >= 4 is 22.8 Å². The van der Waals surface area contributed by atoms with E-state index in [1.165, 1.54) is 23.2 Å². The van der Waals surface area contributed by atoms with Gasteiger partial charge >= 0.3 is 0 Å². The van der Waals surface area contributed by atoms with Crippen LogP contribution in [0, 0.1) is 5.82 Å². The van der Waals surface area contributed by atoms with E-state index in [4.69, 9.17) is 0 Å². The Morgan fingerprint density at radius 1 is 1.14 bits per heavy atom. The SMILES string of the molecule is O=C1CCCCN1CCN(CCCO)C(=O)c1c(O)c2ncc(Cc3ccc(F)cc3)cc2[nH]c1=O. The fraction of sp³-hybridized carbons (Fsp3) is 0.385. The summed E-state index contributed by atoms with van der Waals surface area (Å²) in [4.78, 5) is 48.3. The van der Waals surface area contributed by atoms with E-state index in [1.807, 2.05) is 0 Å². The molecule has 0 spiro atoms. The highest BCUT2D eigenvalue weighted by Crippen LogP contribution is 2.25. The number of nitrogens with one attached hydrogen (secondary N) is 1. The van der Waals surface area contributed by atoms with Gasteiger partial charge in [-0.3, -0.25) is 19.4 Å². The summed E-state index contributed by atoms with van der Waals surface area (Å²) in [7, 11) is 0. The summed E-state index contributed by atoms with van der Waals surface area (Å²) in [5.41, 5.74) is 0.753. The number of pyridine rings is 2. The predicted octanol–water partition coefficient (Wildman–Crippen LogP) is 2.20. The number of amides is 2. The number of H-pyrrole nitrogens is 1. The van der Waals surface area contributed by atoms with Crippen LogP contribution in [-0.2, 0) is 11.2 Å². The molecule has 2 amide bonds. The minimum atomic E-state index is -0.756. The molecule has 1 aliphatic rings. The van der Waals surface area contributed by atoms with Crippen LogP contribution in [0.1, 0.15) is 47.2 Å². The van der Waals surface area contributed by atoms with Crippen molar-refractivity contribution < 1.29 is 24.2 Å². The maximum atomic E-state index is 13.3. The van der Waals surface area contributed by atoms with Crippen LogP contribution in [0.3, 0.4) is 0 Å². The van der Waals surface area contributed by atoms with E-state index in [1.54, 1.807) is 23.1 Å². The number of halogens is 1. The van der Waals surface area contributed by atoms with Crippen molar-refractivity contribution in [2.75, 3.05) is 32.8 Å². The predicted molar refractivity (Wildman–Crippen MR) is 131 cm³/mol. The molecule has 3 heterocycles. The van der Waals surface area contributed by atoms with Crippen molar-refractivity contribution in [3.8, 4) is 5.75 Å². The molecule has 3 aromatic rings. The minimum absolute atomic E-state index is 0.0304. The Balaban J connectivity index is 1.58. The van der Waals surface area contributed by atoms with Crippen LogP contribution in [0.25, 0.3) is 11.0 Å².